The van der Waals surface area contributed by atoms with Crippen molar-refractivity contribution in [2.24, 2.45) is 0 Å². The van der Waals surface area contributed by atoms with E-state index in [-0.39, 0.29) is 23.3 Å². The first kappa shape index (κ1) is 22.5. The largest absolute Gasteiger partial charge is 0.376 e. The van der Waals surface area contributed by atoms with Crippen LogP contribution in [-0.4, -0.2) is 40.9 Å². The van der Waals surface area contributed by atoms with Gasteiger partial charge in [0.05, 0.1) is 28.4 Å². The van der Waals surface area contributed by atoms with Crippen LogP contribution >= 0.6 is 0 Å². The molecule has 1 aliphatic heterocycles. The summed E-state index contributed by atoms with van der Waals surface area (Å²) >= 11 is 0. The summed E-state index contributed by atoms with van der Waals surface area (Å²) in [5, 5.41) is 10.9. The molecule has 8 heteroatoms. The summed E-state index contributed by atoms with van der Waals surface area (Å²) in [6.07, 6.45) is 1.91. The molecule has 1 atom stereocenters. The van der Waals surface area contributed by atoms with Gasteiger partial charge in [-0.3, -0.25) is 14.4 Å². The van der Waals surface area contributed by atoms with Gasteiger partial charge in [0.15, 0.2) is 5.69 Å². The molecule has 3 aromatic carbocycles. The van der Waals surface area contributed by atoms with Gasteiger partial charge in [-0.2, -0.15) is 9.78 Å². The smallest absolute Gasteiger partial charge is 0.279 e. The Kier molecular flexibility index (Phi) is 6.36. The highest BCUT2D eigenvalue weighted by Gasteiger charge is 2.21. The van der Waals surface area contributed by atoms with E-state index < -0.39 is 5.91 Å². The highest BCUT2D eigenvalue weighted by molar-refractivity contribution is 6.13. The predicted octanol–water partition coefficient (Wildman–Crippen LogP) is 3.55. The van der Waals surface area contributed by atoms with Crippen LogP contribution in [0.4, 0.5) is 5.69 Å². The van der Waals surface area contributed by atoms with E-state index in [9.17, 15) is 14.4 Å². The van der Waals surface area contributed by atoms with Crippen LogP contribution in [0.25, 0.3) is 16.5 Å². The molecular formula is C27H24N4O4. The molecule has 0 saturated carbocycles. The molecule has 2 amide bonds. The van der Waals surface area contributed by atoms with Crippen molar-refractivity contribution in [2.75, 3.05) is 18.5 Å². The van der Waals surface area contributed by atoms with E-state index in [2.05, 4.69) is 15.7 Å². The molecule has 8 nitrogen and oxygen atoms in total. The number of ether oxygens (including phenoxy) is 1. The standard InChI is InChI=1S/C27H24N4O4/c32-25(28-17-19-11-8-16-35-19)22-14-6-7-15-23(22)29-26(33)24-20-12-4-5-13-21(20)27(34)31(30-24)18-9-2-1-3-10-18/h1-7,9-10,12-15,19H,8,11,16-17H2,(H,28,32)(H,29,33). The zero-order valence-corrected chi connectivity index (χ0v) is 18.9. The Bertz CT molecular complexity index is 1440. The fourth-order valence-electron chi connectivity index (χ4n) is 4.18. The third-order valence-corrected chi connectivity index (χ3v) is 5.95. The molecule has 1 saturated heterocycles. The molecule has 2 N–H and O–H groups in total. The second kappa shape index (κ2) is 9.90. The minimum Gasteiger partial charge on any atom is -0.376 e. The fourth-order valence-corrected chi connectivity index (χ4v) is 4.18. The van der Waals surface area contributed by atoms with Gasteiger partial charge >= 0.3 is 0 Å². The molecule has 176 valence electrons. The predicted molar refractivity (Wildman–Crippen MR) is 133 cm³/mol. The molecule has 0 bridgehead atoms. The molecule has 2 heterocycles. The molecule has 1 unspecified atom stereocenters. The van der Waals surface area contributed by atoms with Gasteiger partial charge in [-0.1, -0.05) is 48.5 Å². The molecule has 1 aromatic heterocycles. The SMILES string of the molecule is O=C(NCC1CCCO1)c1ccccc1NC(=O)c1nn(-c2ccccc2)c(=O)c2ccccc12. The topological polar surface area (TPSA) is 102 Å². The quantitative estimate of drug-likeness (QED) is 0.451. The van der Waals surface area contributed by atoms with E-state index in [1.165, 1.54) is 4.68 Å². The Hall–Kier alpha value is -4.30. The van der Waals surface area contributed by atoms with E-state index in [0.29, 0.717) is 40.9 Å². The molecule has 5 rings (SSSR count). The highest BCUT2D eigenvalue weighted by Crippen LogP contribution is 2.20. The van der Waals surface area contributed by atoms with Crippen molar-refractivity contribution in [3.8, 4) is 5.69 Å². The minimum atomic E-state index is -0.523. The number of carbonyl (C=O) groups excluding carboxylic acids is 2. The lowest BCUT2D eigenvalue weighted by Gasteiger charge is -2.15. The van der Waals surface area contributed by atoms with Crippen molar-refractivity contribution in [3.05, 3.63) is 100 Å². The summed E-state index contributed by atoms with van der Waals surface area (Å²) in [6, 6.07) is 22.6. The zero-order chi connectivity index (χ0) is 24.2. The summed E-state index contributed by atoms with van der Waals surface area (Å²) in [7, 11) is 0. The number of benzene rings is 3. The van der Waals surface area contributed by atoms with Crippen LogP contribution in [0, 0.1) is 0 Å². The van der Waals surface area contributed by atoms with Crippen LogP contribution in [-0.2, 0) is 4.74 Å². The van der Waals surface area contributed by atoms with Crippen LogP contribution in [0.2, 0.25) is 0 Å². The van der Waals surface area contributed by atoms with Gasteiger partial charge in [0.1, 0.15) is 0 Å². The monoisotopic (exact) mass is 468 g/mol. The number of amides is 2. The number of nitrogens with zero attached hydrogens (tertiary/aromatic N) is 2. The Labute approximate surface area is 201 Å². The summed E-state index contributed by atoms with van der Waals surface area (Å²) in [4.78, 5) is 39.4. The summed E-state index contributed by atoms with van der Waals surface area (Å²) in [6.45, 7) is 1.12. The highest BCUT2D eigenvalue weighted by atomic mass is 16.5. The van der Waals surface area contributed by atoms with Crippen molar-refractivity contribution >= 4 is 28.3 Å². The van der Waals surface area contributed by atoms with E-state index in [1.807, 2.05) is 6.07 Å². The fraction of sp³-hybridized carbons (Fsp3) is 0.185. The Balaban J connectivity index is 1.47. The van der Waals surface area contributed by atoms with Crippen molar-refractivity contribution in [1.29, 1.82) is 0 Å². The molecule has 0 spiro atoms. The first-order valence-electron chi connectivity index (χ1n) is 11.5. The van der Waals surface area contributed by atoms with E-state index >= 15 is 0 Å². The Morgan fingerprint density at radius 1 is 0.914 bits per heavy atom. The third kappa shape index (κ3) is 4.69. The number of anilines is 1. The molecule has 1 aliphatic rings. The number of hydrogen-bond acceptors (Lipinski definition) is 5. The number of nitrogens with one attached hydrogen (secondary N) is 2. The molecule has 0 radical (unpaired) electrons. The normalized spacial score (nSPS) is 15.1. The maximum absolute atomic E-state index is 13.4. The number of aromatic nitrogens is 2. The van der Waals surface area contributed by atoms with Gasteiger partial charge in [0, 0.05) is 18.5 Å². The second-order valence-corrected chi connectivity index (χ2v) is 8.29. The van der Waals surface area contributed by atoms with Crippen LogP contribution in [0.15, 0.2) is 83.7 Å². The molecular weight excluding hydrogens is 444 g/mol. The first-order chi connectivity index (χ1) is 17.1. The van der Waals surface area contributed by atoms with Crippen LogP contribution in [0.3, 0.4) is 0 Å². The Morgan fingerprint density at radius 3 is 2.40 bits per heavy atom. The van der Waals surface area contributed by atoms with Gasteiger partial charge in [-0.25, -0.2) is 0 Å². The lowest BCUT2D eigenvalue weighted by Crippen LogP contribution is -2.32. The maximum atomic E-state index is 13.4. The third-order valence-electron chi connectivity index (χ3n) is 5.95. The minimum absolute atomic E-state index is 0.00954. The van der Waals surface area contributed by atoms with Crippen LogP contribution < -0.4 is 16.2 Å². The van der Waals surface area contributed by atoms with Crippen molar-refractivity contribution in [3.63, 3.8) is 0 Å². The van der Waals surface area contributed by atoms with Gasteiger partial charge in [0.2, 0.25) is 0 Å². The van der Waals surface area contributed by atoms with Gasteiger partial charge in [-0.05, 0) is 43.2 Å². The van der Waals surface area contributed by atoms with Crippen molar-refractivity contribution < 1.29 is 14.3 Å². The lowest BCUT2D eigenvalue weighted by molar-refractivity contribution is 0.0858. The average molecular weight is 469 g/mol. The summed E-state index contributed by atoms with van der Waals surface area (Å²) in [5.74, 6) is -0.825. The number of rotatable bonds is 6. The van der Waals surface area contributed by atoms with E-state index in [4.69, 9.17) is 4.74 Å². The van der Waals surface area contributed by atoms with Crippen LogP contribution in [0.1, 0.15) is 33.7 Å². The first-order valence-corrected chi connectivity index (χ1v) is 11.5. The van der Waals surface area contributed by atoms with Gasteiger partial charge in [-0.15, -0.1) is 0 Å². The Morgan fingerprint density at radius 2 is 1.63 bits per heavy atom. The molecule has 35 heavy (non-hydrogen) atoms. The van der Waals surface area contributed by atoms with Gasteiger partial charge in [0.25, 0.3) is 17.4 Å². The second-order valence-electron chi connectivity index (χ2n) is 8.29. The number of hydrogen-bond donors (Lipinski definition) is 2. The zero-order valence-electron chi connectivity index (χ0n) is 18.9. The van der Waals surface area contributed by atoms with E-state index in [0.717, 1.165) is 12.8 Å². The van der Waals surface area contributed by atoms with E-state index in [1.54, 1.807) is 72.8 Å². The van der Waals surface area contributed by atoms with Crippen molar-refractivity contribution in [1.82, 2.24) is 15.1 Å². The number of para-hydroxylation sites is 2. The molecule has 4 aromatic rings. The van der Waals surface area contributed by atoms with Crippen molar-refractivity contribution in [2.45, 2.75) is 18.9 Å². The number of fused-ring (bicyclic) bond motifs is 1. The lowest BCUT2D eigenvalue weighted by atomic mass is 10.1. The maximum Gasteiger partial charge on any atom is 0.279 e. The molecule has 0 aliphatic carbocycles. The van der Waals surface area contributed by atoms with Crippen LogP contribution in [0.5, 0.6) is 0 Å². The number of carbonyl (C=O) groups is 2. The summed E-state index contributed by atoms with van der Waals surface area (Å²) in [5.41, 5.74) is 0.993. The van der Waals surface area contributed by atoms with Gasteiger partial charge < -0.3 is 15.4 Å². The molecule has 1 fully saturated rings. The summed E-state index contributed by atoms with van der Waals surface area (Å²) < 4.78 is 6.79. The average Bonchev–Trinajstić information content (AvgIpc) is 3.42.